The molecular weight excluding hydrogens is 272 g/mol. The summed E-state index contributed by atoms with van der Waals surface area (Å²) in [7, 11) is 1.84. The topological polar surface area (TPSA) is 81.7 Å². The Morgan fingerprint density at radius 1 is 1.50 bits per heavy atom. The number of fused-ring (bicyclic) bond motifs is 1. The first-order valence-corrected chi connectivity index (χ1v) is 6.95. The van der Waals surface area contributed by atoms with Gasteiger partial charge in [0.15, 0.2) is 5.82 Å². The number of hydrogen-bond acceptors (Lipinski definition) is 5. The lowest BCUT2D eigenvalue weighted by molar-refractivity contribution is 0.747. The van der Waals surface area contributed by atoms with Crippen LogP contribution in [0.4, 0.5) is 5.82 Å². The summed E-state index contributed by atoms with van der Waals surface area (Å²) in [5.74, 6) is 1.44. The Labute approximate surface area is 122 Å². The van der Waals surface area contributed by atoms with Crippen molar-refractivity contribution in [3.05, 3.63) is 35.0 Å². The van der Waals surface area contributed by atoms with Crippen LogP contribution in [0.5, 0.6) is 0 Å². The van der Waals surface area contributed by atoms with Crippen molar-refractivity contribution in [1.29, 1.82) is 0 Å². The predicted octanol–water partition coefficient (Wildman–Crippen LogP) is 0.945. The van der Waals surface area contributed by atoms with E-state index in [0.29, 0.717) is 17.4 Å². The normalized spacial score (nSPS) is 13.2. The molecule has 1 aliphatic carbocycles. The van der Waals surface area contributed by atoms with Crippen LogP contribution in [0.3, 0.4) is 0 Å². The molecule has 0 amide bonds. The number of hydrogen-bond donors (Lipinski definition) is 2. The van der Waals surface area contributed by atoms with Crippen molar-refractivity contribution in [2.45, 2.75) is 25.8 Å². The van der Waals surface area contributed by atoms with Gasteiger partial charge >= 0.3 is 0 Å². The second kappa shape index (κ2) is 5.16. The Morgan fingerprint density at radius 2 is 2.35 bits per heavy atom. The second-order valence-corrected chi connectivity index (χ2v) is 5.34. The van der Waals surface area contributed by atoms with Crippen LogP contribution in [0.25, 0.3) is 0 Å². The molecular formula is C13H16N6S. The van der Waals surface area contributed by atoms with Crippen LogP contribution in [0.15, 0.2) is 12.4 Å². The SMILES string of the molecule is Cn1cnc(CNc2nc3c(cc2C(N)=S)CCC3)n1. The monoisotopic (exact) mass is 288 g/mol. The molecule has 0 atom stereocenters. The molecule has 0 aromatic carbocycles. The first-order chi connectivity index (χ1) is 9.63. The highest BCUT2D eigenvalue weighted by atomic mass is 32.1. The molecule has 0 radical (unpaired) electrons. The van der Waals surface area contributed by atoms with Crippen molar-refractivity contribution in [2.24, 2.45) is 12.8 Å². The van der Waals surface area contributed by atoms with Crippen LogP contribution in [0, 0.1) is 0 Å². The summed E-state index contributed by atoms with van der Waals surface area (Å²) in [6.07, 6.45) is 4.88. The van der Waals surface area contributed by atoms with Gasteiger partial charge in [0.05, 0.1) is 12.1 Å². The molecule has 2 heterocycles. The van der Waals surface area contributed by atoms with Crippen molar-refractivity contribution < 1.29 is 0 Å². The second-order valence-electron chi connectivity index (χ2n) is 4.90. The number of thiocarbonyl (C=S) groups is 1. The summed E-state index contributed by atoms with van der Waals surface area (Å²) in [5.41, 5.74) is 9.00. The van der Waals surface area contributed by atoms with Crippen LogP contribution < -0.4 is 11.1 Å². The molecule has 3 rings (SSSR count). The average molecular weight is 288 g/mol. The first kappa shape index (κ1) is 13.0. The van der Waals surface area contributed by atoms with E-state index in [-0.39, 0.29) is 0 Å². The Bertz CT molecular complexity index is 663. The number of anilines is 1. The highest BCUT2D eigenvalue weighted by Crippen LogP contribution is 2.25. The van der Waals surface area contributed by atoms with Gasteiger partial charge in [-0.1, -0.05) is 12.2 Å². The summed E-state index contributed by atoms with van der Waals surface area (Å²) in [6.45, 7) is 0.502. The minimum Gasteiger partial charge on any atom is -0.389 e. The molecule has 6 nitrogen and oxygen atoms in total. The van der Waals surface area contributed by atoms with E-state index >= 15 is 0 Å². The Hall–Kier alpha value is -2.02. The highest BCUT2D eigenvalue weighted by molar-refractivity contribution is 7.80. The van der Waals surface area contributed by atoms with E-state index in [2.05, 4.69) is 26.4 Å². The molecule has 1 aliphatic rings. The lowest BCUT2D eigenvalue weighted by Crippen LogP contribution is -2.16. The van der Waals surface area contributed by atoms with E-state index in [1.807, 2.05) is 7.05 Å². The number of aryl methyl sites for hydroxylation is 3. The lowest BCUT2D eigenvalue weighted by Gasteiger charge is -2.11. The number of aromatic nitrogens is 4. The number of rotatable bonds is 4. The molecule has 0 unspecified atom stereocenters. The number of nitrogens with two attached hydrogens (primary N) is 1. The van der Waals surface area contributed by atoms with Gasteiger partial charge in [0.2, 0.25) is 0 Å². The zero-order valence-corrected chi connectivity index (χ0v) is 12.1. The van der Waals surface area contributed by atoms with Gasteiger partial charge in [-0.05, 0) is 30.9 Å². The van der Waals surface area contributed by atoms with Gasteiger partial charge < -0.3 is 11.1 Å². The van der Waals surface area contributed by atoms with E-state index in [1.54, 1.807) is 11.0 Å². The van der Waals surface area contributed by atoms with Gasteiger partial charge in [0.25, 0.3) is 0 Å². The van der Waals surface area contributed by atoms with Crippen LogP contribution in [0.1, 0.15) is 29.1 Å². The van der Waals surface area contributed by atoms with Crippen LogP contribution in [-0.2, 0) is 26.4 Å². The zero-order valence-electron chi connectivity index (χ0n) is 11.3. The fourth-order valence-electron chi connectivity index (χ4n) is 2.42. The third kappa shape index (κ3) is 2.49. The van der Waals surface area contributed by atoms with Gasteiger partial charge in [0, 0.05) is 12.7 Å². The number of nitrogens with zero attached hydrogens (tertiary/aromatic N) is 4. The van der Waals surface area contributed by atoms with Crippen molar-refractivity contribution in [2.75, 3.05) is 5.32 Å². The Kier molecular flexibility index (Phi) is 3.35. The average Bonchev–Trinajstić information content (AvgIpc) is 3.03. The molecule has 2 aromatic rings. The van der Waals surface area contributed by atoms with E-state index in [4.69, 9.17) is 18.0 Å². The lowest BCUT2D eigenvalue weighted by atomic mass is 10.1. The van der Waals surface area contributed by atoms with E-state index in [9.17, 15) is 0 Å². The maximum absolute atomic E-state index is 5.80. The fourth-order valence-corrected chi connectivity index (χ4v) is 2.58. The number of pyridine rings is 1. The third-order valence-corrected chi connectivity index (χ3v) is 3.60. The first-order valence-electron chi connectivity index (χ1n) is 6.54. The summed E-state index contributed by atoms with van der Waals surface area (Å²) in [4.78, 5) is 9.20. The van der Waals surface area contributed by atoms with Crippen molar-refractivity contribution >= 4 is 23.0 Å². The quantitative estimate of drug-likeness (QED) is 0.815. The summed E-state index contributed by atoms with van der Waals surface area (Å²) in [6, 6.07) is 2.06. The molecule has 104 valence electrons. The fraction of sp³-hybridized carbons (Fsp3) is 0.385. The Balaban J connectivity index is 1.86. The third-order valence-electron chi connectivity index (χ3n) is 3.38. The van der Waals surface area contributed by atoms with Crippen LogP contribution in [0.2, 0.25) is 0 Å². The van der Waals surface area contributed by atoms with Gasteiger partial charge in [-0.2, -0.15) is 5.10 Å². The standard InChI is InChI=1S/C13H16N6S/c1-19-7-16-11(18-19)6-15-13-9(12(14)20)5-8-3-2-4-10(8)17-13/h5,7H,2-4,6H2,1H3,(H2,14,20)(H,15,17). The van der Waals surface area contributed by atoms with Crippen LogP contribution >= 0.6 is 12.2 Å². The molecule has 0 aliphatic heterocycles. The predicted molar refractivity (Wildman–Crippen MR) is 80.5 cm³/mol. The van der Waals surface area contributed by atoms with Gasteiger partial charge in [0.1, 0.15) is 17.1 Å². The maximum Gasteiger partial charge on any atom is 0.169 e. The molecule has 7 heteroatoms. The van der Waals surface area contributed by atoms with Gasteiger partial charge in [-0.15, -0.1) is 0 Å². The maximum atomic E-state index is 5.80. The van der Waals surface area contributed by atoms with E-state index < -0.39 is 0 Å². The molecule has 0 saturated carbocycles. The smallest absolute Gasteiger partial charge is 0.169 e. The summed E-state index contributed by atoms with van der Waals surface area (Å²) >= 11 is 5.12. The molecule has 2 aromatic heterocycles. The van der Waals surface area contributed by atoms with Crippen molar-refractivity contribution in [3.63, 3.8) is 0 Å². The molecule has 0 saturated heterocycles. The summed E-state index contributed by atoms with van der Waals surface area (Å²) < 4.78 is 1.67. The van der Waals surface area contributed by atoms with Gasteiger partial charge in [-0.25, -0.2) is 9.97 Å². The zero-order chi connectivity index (χ0) is 14.1. The highest BCUT2D eigenvalue weighted by Gasteiger charge is 2.17. The number of nitrogens with one attached hydrogen (secondary N) is 1. The molecule has 3 N–H and O–H groups in total. The van der Waals surface area contributed by atoms with Crippen molar-refractivity contribution in [1.82, 2.24) is 19.7 Å². The van der Waals surface area contributed by atoms with Crippen molar-refractivity contribution in [3.8, 4) is 0 Å². The molecule has 0 spiro atoms. The largest absolute Gasteiger partial charge is 0.389 e. The molecule has 0 bridgehead atoms. The van der Waals surface area contributed by atoms with E-state index in [1.165, 1.54) is 5.56 Å². The minimum atomic E-state index is 0.365. The minimum absolute atomic E-state index is 0.365. The molecule has 20 heavy (non-hydrogen) atoms. The Morgan fingerprint density at radius 3 is 3.05 bits per heavy atom. The van der Waals surface area contributed by atoms with Crippen LogP contribution in [-0.4, -0.2) is 24.7 Å². The van der Waals surface area contributed by atoms with E-state index in [0.717, 1.165) is 36.3 Å². The summed E-state index contributed by atoms with van der Waals surface area (Å²) in [5, 5.41) is 7.46. The van der Waals surface area contributed by atoms with Gasteiger partial charge in [-0.3, -0.25) is 4.68 Å². The molecule has 0 fully saturated rings.